The van der Waals surface area contributed by atoms with Gasteiger partial charge in [0.05, 0.1) is 25.7 Å². The van der Waals surface area contributed by atoms with E-state index < -0.39 is 6.10 Å². The highest BCUT2D eigenvalue weighted by molar-refractivity contribution is 6.05. The highest BCUT2D eigenvalue weighted by Gasteiger charge is 2.16. The molecule has 0 saturated carbocycles. The van der Waals surface area contributed by atoms with Crippen LogP contribution in [0.1, 0.15) is 6.92 Å². The summed E-state index contributed by atoms with van der Waals surface area (Å²) < 4.78 is 10.7. The van der Waals surface area contributed by atoms with Crippen LogP contribution in [0.15, 0.2) is 18.3 Å². The minimum Gasteiger partial charge on any atom is -0.493 e. The van der Waals surface area contributed by atoms with Crippen LogP contribution in [0.25, 0.3) is 10.8 Å². The number of pyridine rings is 1. The van der Waals surface area contributed by atoms with Crippen LogP contribution >= 0.6 is 0 Å². The van der Waals surface area contributed by atoms with E-state index in [4.69, 9.17) is 15.2 Å². The normalized spacial score (nSPS) is 12.2. The van der Waals surface area contributed by atoms with E-state index in [-0.39, 0.29) is 0 Å². The molecule has 0 amide bonds. The summed E-state index contributed by atoms with van der Waals surface area (Å²) in [7, 11) is 3.13. The summed E-state index contributed by atoms with van der Waals surface area (Å²) in [6, 6.07) is 3.54. The van der Waals surface area contributed by atoms with Gasteiger partial charge in [0.2, 0.25) is 0 Å². The van der Waals surface area contributed by atoms with Crippen LogP contribution in [0.4, 0.5) is 11.5 Å². The lowest BCUT2D eigenvalue weighted by Crippen LogP contribution is -2.16. The maximum atomic E-state index is 9.40. The zero-order valence-electron chi connectivity index (χ0n) is 11.8. The molecule has 6 nitrogen and oxygen atoms in total. The molecule has 0 aliphatic rings. The fourth-order valence-corrected chi connectivity index (χ4v) is 2.07. The smallest absolute Gasteiger partial charge is 0.172 e. The number of nitrogens with zero attached hydrogens (tertiary/aromatic N) is 1. The number of nitrogen functional groups attached to an aromatic ring is 1. The lowest BCUT2D eigenvalue weighted by atomic mass is 10.1. The number of benzene rings is 1. The van der Waals surface area contributed by atoms with Crippen LogP contribution in [-0.2, 0) is 0 Å². The van der Waals surface area contributed by atoms with Gasteiger partial charge in [0, 0.05) is 29.9 Å². The predicted molar refractivity (Wildman–Crippen MR) is 79.4 cm³/mol. The van der Waals surface area contributed by atoms with Crippen molar-refractivity contribution in [3.8, 4) is 11.5 Å². The van der Waals surface area contributed by atoms with E-state index in [1.54, 1.807) is 33.4 Å². The van der Waals surface area contributed by atoms with Crippen LogP contribution in [0.3, 0.4) is 0 Å². The SMILES string of the molecule is COc1cc(N)c2ccnc(NCC(C)O)c2c1OC. The third-order valence-corrected chi connectivity index (χ3v) is 2.99. The Bertz CT molecular complexity index is 614. The summed E-state index contributed by atoms with van der Waals surface area (Å²) in [6.45, 7) is 2.08. The molecule has 6 heteroatoms. The van der Waals surface area contributed by atoms with Crippen molar-refractivity contribution in [2.75, 3.05) is 31.8 Å². The molecular formula is C14H19N3O3. The van der Waals surface area contributed by atoms with Gasteiger partial charge in [0.15, 0.2) is 11.5 Å². The molecule has 4 N–H and O–H groups in total. The van der Waals surface area contributed by atoms with Crippen LogP contribution < -0.4 is 20.5 Å². The van der Waals surface area contributed by atoms with E-state index >= 15 is 0 Å². The minimum atomic E-state index is -0.485. The van der Waals surface area contributed by atoms with Gasteiger partial charge in [-0.15, -0.1) is 0 Å². The third-order valence-electron chi connectivity index (χ3n) is 2.99. The second kappa shape index (κ2) is 5.83. The van der Waals surface area contributed by atoms with Crippen molar-refractivity contribution in [1.29, 1.82) is 0 Å². The first-order chi connectivity index (χ1) is 9.58. The third kappa shape index (κ3) is 2.55. The van der Waals surface area contributed by atoms with Gasteiger partial charge in [0.1, 0.15) is 5.82 Å². The number of anilines is 2. The van der Waals surface area contributed by atoms with Crippen molar-refractivity contribution in [2.45, 2.75) is 13.0 Å². The Balaban J connectivity index is 2.66. The molecule has 0 bridgehead atoms. The van der Waals surface area contributed by atoms with Crippen molar-refractivity contribution in [3.63, 3.8) is 0 Å². The Labute approximate surface area is 117 Å². The van der Waals surface area contributed by atoms with Gasteiger partial charge >= 0.3 is 0 Å². The highest BCUT2D eigenvalue weighted by Crippen LogP contribution is 2.41. The number of nitrogens with two attached hydrogens (primary N) is 1. The monoisotopic (exact) mass is 277 g/mol. The number of aromatic nitrogens is 1. The van der Waals surface area contributed by atoms with E-state index in [0.717, 1.165) is 10.8 Å². The number of ether oxygens (including phenoxy) is 2. The van der Waals surface area contributed by atoms with Crippen molar-refractivity contribution < 1.29 is 14.6 Å². The van der Waals surface area contributed by atoms with Gasteiger partial charge < -0.3 is 25.6 Å². The average molecular weight is 277 g/mol. The van der Waals surface area contributed by atoms with Gasteiger partial charge in [0.25, 0.3) is 0 Å². The summed E-state index contributed by atoms with van der Waals surface area (Å²) in [5, 5.41) is 14.1. The molecule has 0 saturated heterocycles. The molecule has 0 aliphatic carbocycles. The number of rotatable bonds is 5. The van der Waals surface area contributed by atoms with Gasteiger partial charge in [-0.25, -0.2) is 4.98 Å². The van der Waals surface area contributed by atoms with Crippen molar-refractivity contribution >= 4 is 22.3 Å². The van der Waals surface area contributed by atoms with E-state index in [1.807, 2.05) is 6.07 Å². The Morgan fingerprint density at radius 2 is 2.15 bits per heavy atom. The molecule has 1 aromatic carbocycles. The Morgan fingerprint density at radius 1 is 1.40 bits per heavy atom. The van der Waals surface area contributed by atoms with E-state index in [2.05, 4.69) is 10.3 Å². The second-order valence-corrected chi connectivity index (χ2v) is 4.51. The molecule has 1 heterocycles. The maximum absolute atomic E-state index is 9.40. The van der Waals surface area contributed by atoms with Crippen molar-refractivity contribution in [2.24, 2.45) is 0 Å². The topological polar surface area (TPSA) is 89.6 Å². The maximum Gasteiger partial charge on any atom is 0.172 e. The zero-order chi connectivity index (χ0) is 14.7. The molecule has 0 fully saturated rings. The summed E-state index contributed by atoms with van der Waals surface area (Å²) in [6.07, 6.45) is 1.18. The van der Waals surface area contributed by atoms with Crippen molar-refractivity contribution in [3.05, 3.63) is 18.3 Å². The number of fused-ring (bicyclic) bond motifs is 1. The molecule has 1 unspecified atom stereocenters. The number of hydrogen-bond acceptors (Lipinski definition) is 6. The van der Waals surface area contributed by atoms with Gasteiger partial charge in [-0.05, 0) is 13.0 Å². The number of hydrogen-bond donors (Lipinski definition) is 3. The minimum absolute atomic E-state index is 0.381. The van der Waals surface area contributed by atoms with E-state index in [1.165, 1.54) is 0 Å². The van der Waals surface area contributed by atoms with Crippen LogP contribution in [0.5, 0.6) is 11.5 Å². The first kappa shape index (κ1) is 14.2. The summed E-state index contributed by atoms with van der Waals surface area (Å²) in [4.78, 5) is 4.29. The Morgan fingerprint density at radius 3 is 2.75 bits per heavy atom. The molecule has 20 heavy (non-hydrogen) atoms. The average Bonchev–Trinajstić information content (AvgIpc) is 2.44. The predicted octanol–water partition coefficient (Wildman–Crippen LogP) is 1.63. The van der Waals surface area contributed by atoms with Crippen molar-refractivity contribution in [1.82, 2.24) is 4.98 Å². The molecule has 2 aromatic rings. The first-order valence-corrected chi connectivity index (χ1v) is 6.29. The van der Waals surface area contributed by atoms with E-state index in [0.29, 0.717) is 29.5 Å². The summed E-state index contributed by atoms with van der Waals surface area (Å²) in [5.41, 5.74) is 6.62. The van der Waals surface area contributed by atoms with Gasteiger partial charge in [-0.1, -0.05) is 0 Å². The zero-order valence-corrected chi connectivity index (χ0v) is 11.8. The molecule has 2 rings (SSSR count). The van der Waals surface area contributed by atoms with Crippen LogP contribution in [0.2, 0.25) is 0 Å². The lowest BCUT2D eigenvalue weighted by Gasteiger charge is -2.16. The lowest BCUT2D eigenvalue weighted by molar-refractivity contribution is 0.208. The molecule has 1 atom stereocenters. The highest BCUT2D eigenvalue weighted by atomic mass is 16.5. The second-order valence-electron chi connectivity index (χ2n) is 4.51. The summed E-state index contributed by atoms with van der Waals surface area (Å²) >= 11 is 0. The number of aliphatic hydroxyl groups is 1. The molecule has 1 aromatic heterocycles. The van der Waals surface area contributed by atoms with E-state index in [9.17, 15) is 5.11 Å². The molecule has 0 radical (unpaired) electrons. The molecular weight excluding hydrogens is 258 g/mol. The fraction of sp³-hybridized carbons (Fsp3) is 0.357. The van der Waals surface area contributed by atoms with Crippen LogP contribution in [0, 0.1) is 0 Å². The first-order valence-electron chi connectivity index (χ1n) is 6.29. The number of nitrogens with one attached hydrogen (secondary N) is 1. The van der Waals surface area contributed by atoms with Crippen LogP contribution in [-0.4, -0.2) is 37.0 Å². The summed E-state index contributed by atoms with van der Waals surface area (Å²) in [5.74, 6) is 1.72. The Kier molecular flexibility index (Phi) is 4.14. The van der Waals surface area contributed by atoms with Gasteiger partial charge in [-0.2, -0.15) is 0 Å². The fourth-order valence-electron chi connectivity index (χ4n) is 2.07. The molecule has 108 valence electrons. The number of methoxy groups -OCH3 is 2. The van der Waals surface area contributed by atoms with Gasteiger partial charge in [-0.3, -0.25) is 0 Å². The molecule has 0 spiro atoms. The largest absolute Gasteiger partial charge is 0.493 e. The Hall–Kier alpha value is -2.21. The quantitative estimate of drug-likeness (QED) is 0.720. The number of aliphatic hydroxyl groups excluding tert-OH is 1. The molecule has 0 aliphatic heterocycles. The standard InChI is InChI=1S/C14H19N3O3/c1-8(18)7-17-14-12-9(4-5-16-14)10(15)6-11(19-2)13(12)20-3/h4-6,8,18H,7,15H2,1-3H3,(H,16,17).